The van der Waals surface area contributed by atoms with Gasteiger partial charge in [-0.15, -0.1) is 0 Å². The Kier molecular flexibility index (Phi) is 7.00. The fourth-order valence-corrected chi connectivity index (χ4v) is 2.78. The largest absolute Gasteiger partial charge is 0.256 e. The number of benzene rings is 1. The number of unbranched alkanes of at least 4 members (excludes halogenated alkanes) is 6. The maximum Gasteiger partial charge on any atom is 0.0704 e. The second kappa shape index (κ2) is 9.33. The number of aryl methyl sites for hydroxylation is 1. The summed E-state index contributed by atoms with van der Waals surface area (Å²) in [5, 5.41) is 0. The molecule has 0 bridgehead atoms. The maximum atomic E-state index is 4.49. The molecule has 0 radical (unpaired) electrons. The predicted octanol–water partition coefficient (Wildman–Crippen LogP) is 6.04. The van der Waals surface area contributed by atoms with Crippen molar-refractivity contribution in [2.24, 2.45) is 0 Å². The van der Waals surface area contributed by atoms with Crippen LogP contribution in [0.2, 0.25) is 0 Å². The van der Waals surface area contributed by atoms with Crippen molar-refractivity contribution >= 4 is 0 Å². The van der Waals surface area contributed by atoms with Gasteiger partial charge in [0.2, 0.25) is 0 Å². The van der Waals surface area contributed by atoms with E-state index in [1.807, 2.05) is 12.3 Å². The Morgan fingerprint density at radius 2 is 1.48 bits per heavy atom. The Morgan fingerprint density at radius 3 is 2.24 bits per heavy atom. The van der Waals surface area contributed by atoms with Crippen molar-refractivity contribution in [3.63, 3.8) is 0 Å². The van der Waals surface area contributed by atoms with Crippen LogP contribution in [0.15, 0.2) is 48.7 Å². The molecule has 0 amide bonds. The van der Waals surface area contributed by atoms with Crippen molar-refractivity contribution in [2.45, 2.75) is 58.3 Å². The van der Waals surface area contributed by atoms with Crippen LogP contribution in [0.3, 0.4) is 0 Å². The van der Waals surface area contributed by atoms with E-state index in [0.717, 1.165) is 5.69 Å². The third-order valence-electron chi connectivity index (χ3n) is 4.01. The van der Waals surface area contributed by atoms with Gasteiger partial charge >= 0.3 is 0 Å². The average Bonchev–Trinajstić information content (AvgIpc) is 2.55. The molecule has 0 fully saturated rings. The molecule has 1 aromatic carbocycles. The summed E-state index contributed by atoms with van der Waals surface area (Å²) in [6, 6.07) is 14.8. The summed E-state index contributed by atoms with van der Waals surface area (Å²) in [6.07, 6.45) is 12.6. The molecule has 0 aliphatic carbocycles. The molecule has 0 unspecified atom stereocenters. The lowest BCUT2D eigenvalue weighted by Gasteiger charge is -2.09. The first kappa shape index (κ1) is 15.8. The van der Waals surface area contributed by atoms with Crippen LogP contribution in [0.25, 0.3) is 11.3 Å². The molecule has 1 aromatic heterocycles. The number of pyridine rings is 1. The zero-order valence-corrected chi connectivity index (χ0v) is 13.2. The van der Waals surface area contributed by atoms with Gasteiger partial charge in [-0.2, -0.15) is 0 Å². The summed E-state index contributed by atoms with van der Waals surface area (Å²) < 4.78 is 0. The lowest BCUT2D eigenvalue weighted by molar-refractivity contribution is 0.589. The number of aromatic nitrogens is 1. The van der Waals surface area contributed by atoms with E-state index in [-0.39, 0.29) is 0 Å². The monoisotopic (exact) mass is 281 g/mol. The minimum absolute atomic E-state index is 1.09. The molecule has 2 rings (SSSR count). The number of hydrogen-bond donors (Lipinski definition) is 0. The van der Waals surface area contributed by atoms with Crippen molar-refractivity contribution in [3.8, 4) is 11.3 Å². The Bertz CT molecular complexity index is 504. The van der Waals surface area contributed by atoms with E-state index in [0.29, 0.717) is 0 Å². The highest BCUT2D eigenvalue weighted by Crippen LogP contribution is 2.23. The molecule has 1 heterocycles. The van der Waals surface area contributed by atoms with E-state index in [1.54, 1.807) is 0 Å². The van der Waals surface area contributed by atoms with Gasteiger partial charge in [0.15, 0.2) is 0 Å². The highest BCUT2D eigenvalue weighted by molar-refractivity contribution is 5.63. The van der Waals surface area contributed by atoms with Gasteiger partial charge in [0.05, 0.1) is 5.69 Å². The van der Waals surface area contributed by atoms with Crippen molar-refractivity contribution in [2.75, 3.05) is 0 Å². The molecule has 0 aliphatic heterocycles. The zero-order chi connectivity index (χ0) is 14.8. The highest BCUT2D eigenvalue weighted by Gasteiger charge is 2.04. The summed E-state index contributed by atoms with van der Waals surface area (Å²) in [6.45, 7) is 2.27. The molecule has 1 nitrogen and oxygen atoms in total. The number of hydrogen-bond acceptors (Lipinski definition) is 1. The quantitative estimate of drug-likeness (QED) is 0.510. The lowest BCUT2D eigenvalue weighted by atomic mass is 9.98. The number of rotatable bonds is 9. The van der Waals surface area contributed by atoms with Crippen molar-refractivity contribution in [1.82, 2.24) is 4.98 Å². The molecule has 0 atom stereocenters. The van der Waals surface area contributed by atoms with E-state index in [9.17, 15) is 0 Å². The van der Waals surface area contributed by atoms with Crippen LogP contribution in [0, 0.1) is 0 Å². The van der Waals surface area contributed by atoms with Crippen LogP contribution in [0.4, 0.5) is 0 Å². The van der Waals surface area contributed by atoms with Gasteiger partial charge in [-0.3, -0.25) is 4.98 Å². The molecule has 1 heteroatoms. The van der Waals surface area contributed by atoms with Gasteiger partial charge in [0.25, 0.3) is 0 Å². The van der Waals surface area contributed by atoms with Gasteiger partial charge in [-0.1, -0.05) is 75.8 Å². The summed E-state index contributed by atoms with van der Waals surface area (Å²) in [4.78, 5) is 4.49. The zero-order valence-electron chi connectivity index (χ0n) is 13.2. The Balaban J connectivity index is 1.84. The summed E-state index contributed by atoms with van der Waals surface area (Å²) in [5.41, 5.74) is 3.82. The second-order valence-electron chi connectivity index (χ2n) is 5.74. The summed E-state index contributed by atoms with van der Waals surface area (Å²) >= 11 is 0. The molecular formula is C20H27N. The van der Waals surface area contributed by atoms with E-state index in [4.69, 9.17) is 0 Å². The maximum absolute atomic E-state index is 4.49. The first-order chi connectivity index (χ1) is 10.4. The SMILES string of the molecule is CCCCCCCCCc1ccccc1-c1ccccn1. The van der Waals surface area contributed by atoms with Crippen molar-refractivity contribution < 1.29 is 0 Å². The van der Waals surface area contributed by atoms with Crippen LogP contribution in [-0.2, 0) is 6.42 Å². The smallest absolute Gasteiger partial charge is 0.0704 e. The van der Waals surface area contributed by atoms with E-state index < -0.39 is 0 Å². The summed E-state index contributed by atoms with van der Waals surface area (Å²) in [7, 11) is 0. The Labute approximate surface area is 129 Å². The van der Waals surface area contributed by atoms with Gasteiger partial charge in [0.1, 0.15) is 0 Å². The van der Waals surface area contributed by atoms with Gasteiger partial charge in [-0.05, 0) is 30.5 Å². The topological polar surface area (TPSA) is 12.9 Å². The molecule has 0 saturated heterocycles. The molecule has 0 aliphatic rings. The first-order valence-electron chi connectivity index (χ1n) is 8.41. The molecule has 0 spiro atoms. The summed E-state index contributed by atoms with van der Waals surface area (Å²) in [5.74, 6) is 0. The van der Waals surface area contributed by atoms with Crippen LogP contribution >= 0.6 is 0 Å². The Morgan fingerprint density at radius 1 is 0.762 bits per heavy atom. The van der Waals surface area contributed by atoms with E-state index in [2.05, 4.69) is 48.3 Å². The van der Waals surface area contributed by atoms with E-state index >= 15 is 0 Å². The third kappa shape index (κ3) is 5.34. The van der Waals surface area contributed by atoms with Gasteiger partial charge in [0, 0.05) is 11.8 Å². The molecular weight excluding hydrogens is 254 g/mol. The predicted molar refractivity (Wildman–Crippen MR) is 91.4 cm³/mol. The minimum Gasteiger partial charge on any atom is -0.256 e. The minimum atomic E-state index is 1.09. The lowest BCUT2D eigenvalue weighted by Crippen LogP contribution is -1.92. The van der Waals surface area contributed by atoms with E-state index in [1.165, 1.54) is 62.5 Å². The third-order valence-corrected chi connectivity index (χ3v) is 4.01. The number of nitrogens with zero attached hydrogens (tertiary/aromatic N) is 1. The molecule has 0 saturated carbocycles. The molecule has 21 heavy (non-hydrogen) atoms. The van der Waals surface area contributed by atoms with Crippen LogP contribution in [0.1, 0.15) is 57.4 Å². The average molecular weight is 281 g/mol. The fraction of sp³-hybridized carbons (Fsp3) is 0.450. The van der Waals surface area contributed by atoms with Gasteiger partial charge < -0.3 is 0 Å². The van der Waals surface area contributed by atoms with Crippen LogP contribution in [0.5, 0.6) is 0 Å². The molecule has 2 aromatic rings. The normalized spacial score (nSPS) is 10.7. The molecule has 112 valence electrons. The molecule has 0 N–H and O–H groups in total. The second-order valence-corrected chi connectivity index (χ2v) is 5.74. The van der Waals surface area contributed by atoms with Crippen LogP contribution < -0.4 is 0 Å². The van der Waals surface area contributed by atoms with Crippen molar-refractivity contribution in [1.29, 1.82) is 0 Å². The standard InChI is InChI=1S/C20H27N/c1-2-3-4-5-6-7-8-13-18-14-9-10-15-19(18)20-16-11-12-17-21-20/h9-12,14-17H,2-8,13H2,1H3. The fourth-order valence-electron chi connectivity index (χ4n) is 2.78. The van der Waals surface area contributed by atoms with Crippen LogP contribution in [-0.4, -0.2) is 4.98 Å². The van der Waals surface area contributed by atoms with Gasteiger partial charge in [-0.25, -0.2) is 0 Å². The first-order valence-corrected chi connectivity index (χ1v) is 8.41. The Hall–Kier alpha value is -1.63. The highest BCUT2D eigenvalue weighted by atomic mass is 14.7. The van der Waals surface area contributed by atoms with Crippen molar-refractivity contribution in [3.05, 3.63) is 54.2 Å².